The molecule has 0 bridgehead atoms. The number of β-amino-alcohol motifs (C(OH)–C–C–N with tert-alkyl or cyclic N) is 1. The summed E-state index contributed by atoms with van der Waals surface area (Å²) in [7, 11) is 0. The highest BCUT2D eigenvalue weighted by Gasteiger charge is 2.40. The minimum atomic E-state index is -1.21. The number of hydrogen-bond donors (Lipinski definition) is 2. The Bertz CT molecular complexity index is 615. The fourth-order valence-corrected chi connectivity index (χ4v) is 2.48. The van der Waals surface area contributed by atoms with Gasteiger partial charge in [0.05, 0.1) is 11.0 Å². The van der Waals surface area contributed by atoms with Gasteiger partial charge in [0.1, 0.15) is 6.04 Å². The predicted octanol–water partition coefficient (Wildman–Crippen LogP) is 0.563. The molecule has 1 aliphatic rings. The topological polar surface area (TPSA) is 121 Å². The van der Waals surface area contributed by atoms with Crippen molar-refractivity contribution in [3.05, 3.63) is 39.4 Å². The summed E-state index contributed by atoms with van der Waals surface area (Å²) >= 11 is 0. The molecule has 8 heteroatoms. The first-order valence-corrected chi connectivity index (χ1v) is 6.28. The van der Waals surface area contributed by atoms with E-state index in [2.05, 4.69) is 0 Å². The molecule has 2 unspecified atom stereocenters. The standard InChI is InChI=1S/C13H14N2O6/c1-7-9(3-2-4-10(7)15(20)21)12(17)14-6-8(16)5-11(14)13(18)19/h2-4,8,11,16H,5-6H2,1H3,(H,18,19). The van der Waals surface area contributed by atoms with Gasteiger partial charge in [0, 0.05) is 30.2 Å². The van der Waals surface area contributed by atoms with Crippen LogP contribution in [0.1, 0.15) is 22.3 Å². The monoisotopic (exact) mass is 294 g/mol. The summed E-state index contributed by atoms with van der Waals surface area (Å²) in [6.07, 6.45) is -0.955. The van der Waals surface area contributed by atoms with Crippen molar-refractivity contribution in [1.82, 2.24) is 4.90 Å². The number of likely N-dealkylation sites (tertiary alicyclic amines) is 1. The van der Waals surface area contributed by atoms with Crippen LogP contribution in [0, 0.1) is 17.0 Å². The molecule has 1 fully saturated rings. The molecule has 1 saturated heterocycles. The summed E-state index contributed by atoms with van der Waals surface area (Å²) in [5.74, 6) is -1.83. The van der Waals surface area contributed by atoms with E-state index in [1.54, 1.807) is 0 Å². The number of aliphatic hydroxyl groups excluding tert-OH is 1. The minimum Gasteiger partial charge on any atom is -0.480 e. The molecule has 112 valence electrons. The lowest BCUT2D eigenvalue weighted by Crippen LogP contribution is -2.40. The first-order valence-electron chi connectivity index (χ1n) is 6.28. The van der Waals surface area contributed by atoms with Gasteiger partial charge in [-0.2, -0.15) is 0 Å². The van der Waals surface area contributed by atoms with Gasteiger partial charge in [-0.1, -0.05) is 6.07 Å². The molecule has 0 spiro atoms. The second-order valence-electron chi connectivity index (χ2n) is 4.91. The lowest BCUT2D eigenvalue weighted by molar-refractivity contribution is -0.385. The number of carbonyl (C=O) groups excluding carboxylic acids is 1. The predicted molar refractivity (Wildman–Crippen MR) is 70.9 cm³/mol. The van der Waals surface area contributed by atoms with Gasteiger partial charge in [-0.3, -0.25) is 14.9 Å². The van der Waals surface area contributed by atoms with Crippen LogP contribution in [0.4, 0.5) is 5.69 Å². The molecule has 0 aromatic heterocycles. The van der Waals surface area contributed by atoms with Crippen molar-refractivity contribution in [3.8, 4) is 0 Å². The molecule has 2 atom stereocenters. The molecule has 1 amide bonds. The van der Waals surface area contributed by atoms with Crippen LogP contribution in [0.25, 0.3) is 0 Å². The zero-order valence-electron chi connectivity index (χ0n) is 11.2. The van der Waals surface area contributed by atoms with E-state index < -0.39 is 28.9 Å². The number of amides is 1. The molecule has 1 aromatic carbocycles. The number of nitro groups is 1. The number of carbonyl (C=O) groups is 2. The van der Waals surface area contributed by atoms with Gasteiger partial charge in [-0.05, 0) is 13.0 Å². The molecule has 1 aromatic rings. The number of benzene rings is 1. The van der Waals surface area contributed by atoms with Crippen LogP contribution in [0.15, 0.2) is 18.2 Å². The molecule has 8 nitrogen and oxygen atoms in total. The number of aliphatic carboxylic acids is 1. The summed E-state index contributed by atoms with van der Waals surface area (Å²) < 4.78 is 0. The number of nitrogens with zero attached hydrogens (tertiary/aromatic N) is 2. The van der Waals surface area contributed by atoms with Gasteiger partial charge >= 0.3 is 5.97 Å². The quantitative estimate of drug-likeness (QED) is 0.620. The molecule has 1 aliphatic heterocycles. The largest absolute Gasteiger partial charge is 0.480 e. The van der Waals surface area contributed by atoms with Gasteiger partial charge in [0.25, 0.3) is 11.6 Å². The molecule has 1 heterocycles. The number of carboxylic acids is 1. The summed E-state index contributed by atoms with van der Waals surface area (Å²) in [5, 5.41) is 29.5. The van der Waals surface area contributed by atoms with Gasteiger partial charge in [-0.25, -0.2) is 4.79 Å². The number of aliphatic hydroxyl groups is 1. The van der Waals surface area contributed by atoms with Crippen LogP contribution in [-0.2, 0) is 4.79 Å². The third kappa shape index (κ3) is 2.70. The highest BCUT2D eigenvalue weighted by atomic mass is 16.6. The zero-order valence-corrected chi connectivity index (χ0v) is 11.2. The van der Waals surface area contributed by atoms with Crippen LogP contribution in [0.5, 0.6) is 0 Å². The maximum absolute atomic E-state index is 12.4. The van der Waals surface area contributed by atoms with Crippen LogP contribution in [0.3, 0.4) is 0 Å². The van der Waals surface area contributed by atoms with E-state index >= 15 is 0 Å². The van der Waals surface area contributed by atoms with Gasteiger partial charge in [0.2, 0.25) is 0 Å². The molecular weight excluding hydrogens is 280 g/mol. The zero-order chi connectivity index (χ0) is 15.7. The number of hydrogen-bond acceptors (Lipinski definition) is 5. The van der Waals surface area contributed by atoms with E-state index in [4.69, 9.17) is 5.11 Å². The average molecular weight is 294 g/mol. The van der Waals surface area contributed by atoms with Gasteiger partial charge in [0.15, 0.2) is 0 Å². The Morgan fingerprint density at radius 3 is 2.67 bits per heavy atom. The Hall–Kier alpha value is -2.48. The number of carboxylic acid groups (broad SMARTS) is 1. The van der Waals surface area contributed by atoms with Gasteiger partial charge < -0.3 is 15.1 Å². The summed E-state index contributed by atoms with van der Waals surface area (Å²) in [6.45, 7) is 1.34. The minimum absolute atomic E-state index is 0.0466. The van der Waals surface area contributed by atoms with Crippen molar-refractivity contribution >= 4 is 17.6 Å². The second-order valence-corrected chi connectivity index (χ2v) is 4.91. The molecule has 21 heavy (non-hydrogen) atoms. The van der Waals surface area contributed by atoms with Crippen molar-refractivity contribution in [2.24, 2.45) is 0 Å². The third-order valence-electron chi connectivity index (χ3n) is 3.56. The van der Waals surface area contributed by atoms with Gasteiger partial charge in [-0.15, -0.1) is 0 Å². The Morgan fingerprint density at radius 2 is 2.10 bits per heavy atom. The Labute approximate surface area is 119 Å². The number of rotatable bonds is 3. The van der Waals surface area contributed by atoms with Crippen LogP contribution in [0.2, 0.25) is 0 Å². The van der Waals surface area contributed by atoms with Crippen LogP contribution < -0.4 is 0 Å². The summed E-state index contributed by atoms with van der Waals surface area (Å²) in [6, 6.07) is 2.94. The Morgan fingerprint density at radius 1 is 1.43 bits per heavy atom. The van der Waals surface area contributed by atoms with E-state index in [0.29, 0.717) is 0 Å². The van der Waals surface area contributed by atoms with Crippen LogP contribution >= 0.6 is 0 Å². The van der Waals surface area contributed by atoms with Crippen molar-refractivity contribution < 1.29 is 24.7 Å². The highest BCUT2D eigenvalue weighted by molar-refractivity contribution is 5.99. The summed E-state index contributed by atoms with van der Waals surface area (Å²) in [4.78, 5) is 34.9. The lowest BCUT2D eigenvalue weighted by atomic mass is 10.1. The smallest absolute Gasteiger partial charge is 0.326 e. The maximum atomic E-state index is 12.4. The SMILES string of the molecule is Cc1c(C(=O)N2CC(O)CC2C(=O)O)cccc1[N+](=O)[O-]. The van der Waals surface area contributed by atoms with Crippen molar-refractivity contribution in [3.63, 3.8) is 0 Å². The molecule has 2 N–H and O–H groups in total. The maximum Gasteiger partial charge on any atom is 0.326 e. The first-order chi connectivity index (χ1) is 9.82. The van der Waals surface area contributed by atoms with Crippen molar-refractivity contribution in [2.45, 2.75) is 25.5 Å². The van der Waals surface area contributed by atoms with E-state index in [9.17, 15) is 24.8 Å². The molecule has 0 aliphatic carbocycles. The average Bonchev–Trinajstić information content (AvgIpc) is 2.80. The highest BCUT2D eigenvalue weighted by Crippen LogP contribution is 2.26. The molecule has 2 rings (SSSR count). The van der Waals surface area contributed by atoms with Crippen molar-refractivity contribution in [2.75, 3.05) is 6.54 Å². The van der Waals surface area contributed by atoms with E-state index in [0.717, 1.165) is 4.90 Å². The fourth-order valence-electron chi connectivity index (χ4n) is 2.48. The van der Waals surface area contributed by atoms with Crippen molar-refractivity contribution in [1.29, 1.82) is 0 Å². The number of nitro benzene ring substituents is 1. The summed E-state index contributed by atoms with van der Waals surface area (Å²) in [5.41, 5.74) is 0.0510. The normalized spacial score (nSPS) is 21.3. The fraction of sp³-hybridized carbons (Fsp3) is 0.385. The molecular formula is C13H14N2O6. The Kier molecular flexibility index (Phi) is 3.90. The lowest BCUT2D eigenvalue weighted by Gasteiger charge is -2.21. The third-order valence-corrected chi connectivity index (χ3v) is 3.56. The first kappa shape index (κ1) is 14.9. The van der Waals surface area contributed by atoms with Crippen LogP contribution in [-0.4, -0.2) is 50.6 Å². The van der Waals surface area contributed by atoms with E-state index in [1.165, 1.54) is 25.1 Å². The molecule has 0 saturated carbocycles. The molecule has 0 radical (unpaired) electrons. The van der Waals surface area contributed by atoms with E-state index in [1.807, 2.05) is 0 Å². The Balaban J connectivity index is 2.38. The second kappa shape index (κ2) is 5.49. The van der Waals surface area contributed by atoms with E-state index in [-0.39, 0.29) is 29.8 Å².